The number of hydrogen-bond acceptors (Lipinski definition) is 1. The summed E-state index contributed by atoms with van der Waals surface area (Å²) in [6.45, 7) is 3.95. The Kier molecular flexibility index (Phi) is 3.66. The first-order chi connectivity index (χ1) is 9.11. The van der Waals surface area contributed by atoms with Crippen LogP contribution >= 0.6 is 15.9 Å². The molecule has 1 aromatic rings. The van der Waals surface area contributed by atoms with E-state index < -0.39 is 0 Å². The van der Waals surface area contributed by atoms with Gasteiger partial charge in [-0.1, -0.05) is 15.9 Å². The fourth-order valence-electron chi connectivity index (χ4n) is 2.51. The molecule has 0 atom stereocenters. The van der Waals surface area contributed by atoms with Gasteiger partial charge < -0.3 is 4.90 Å². The molecule has 2 fully saturated rings. The molecule has 0 spiro atoms. The van der Waals surface area contributed by atoms with Crippen molar-refractivity contribution in [3.63, 3.8) is 0 Å². The number of carbonyl (C=O) groups is 1. The SMILES string of the molecule is Cc1cc(Br)cc(C(=O)N(CC2CC2)CC2CC2)c1. The van der Waals surface area contributed by atoms with Gasteiger partial charge in [0.25, 0.3) is 5.91 Å². The summed E-state index contributed by atoms with van der Waals surface area (Å²) < 4.78 is 0.994. The van der Waals surface area contributed by atoms with Crippen molar-refractivity contribution in [3.8, 4) is 0 Å². The average Bonchev–Trinajstić information content (AvgIpc) is 3.20. The molecule has 0 N–H and O–H groups in total. The van der Waals surface area contributed by atoms with Crippen molar-refractivity contribution in [3.05, 3.63) is 33.8 Å². The Morgan fingerprint density at radius 1 is 1.16 bits per heavy atom. The Morgan fingerprint density at radius 3 is 2.21 bits per heavy atom. The van der Waals surface area contributed by atoms with E-state index in [-0.39, 0.29) is 5.91 Å². The predicted molar refractivity (Wildman–Crippen MR) is 80.2 cm³/mol. The number of carbonyl (C=O) groups excluding carboxylic acids is 1. The van der Waals surface area contributed by atoms with Gasteiger partial charge in [0.1, 0.15) is 0 Å². The average molecular weight is 322 g/mol. The Labute approximate surface area is 123 Å². The molecule has 0 saturated heterocycles. The Bertz CT molecular complexity index is 457. The Balaban J connectivity index is 1.76. The van der Waals surface area contributed by atoms with Crippen LogP contribution in [0.4, 0.5) is 0 Å². The summed E-state index contributed by atoms with van der Waals surface area (Å²) in [4.78, 5) is 14.8. The second-order valence-electron chi connectivity index (χ2n) is 6.11. The van der Waals surface area contributed by atoms with E-state index in [0.29, 0.717) is 0 Å². The lowest BCUT2D eigenvalue weighted by atomic mass is 10.1. The highest BCUT2D eigenvalue weighted by Gasteiger charge is 2.31. The highest BCUT2D eigenvalue weighted by atomic mass is 79.9. The predicted octanol–water partition coefficient (Wildman–Crippen LogP) is 4.02. The van der Waals surface area contributed by atoms with E-state index in [9.17, 15) is 4.79 Å². The van der Waals surface area contributed by atoms with Gasteiger partial charge in [-0.15, -0.1) is 0 Å². The van der Waals surface area contributed by atoms with Crippen LogP contribution in [-0.4, -0.2) is 23.9 Å². The standard InChI is InChI=1S/C16H20BrNO/c1-11-6-14(8-15(17)7-11)16(19)18(9-12-2-3-12)10-13-4-5-13/h6-8,12-13H,2-5,9-10H2,1H3. The third-order valence-corrected chi connectivity index (χ3v) is 4.39. The Hall–Kier alpha value is -0.830. The number of hydrogen-bond donors (Lipinski definition) is 0. The number of benzene rings is 1. The molecule has 0 unspecified atom stereocenters. The van der Waals surface area contributed by atoms with Crippen LogP contribution in [0.5, 0.6) is 0 Å². The summed E-state index contributed by atoms with van der Waals surface area (Å²) in [6.07, 6.45) is 5.19. The first-order valence-corrected chi connectivity index (χ1v) is 7.97. The van der Waals surface area contributed by atoms with Gasteiger partial charge in [-0.2, -0.15) is 0 Å². The molecule has 2 aliphatic carbocycles. The van der Waals surface area contributed by atoms with Crippen LogP contribution in [0.1, 0.15) is 41.6 Å². The van der Waals surface area contributed by atoms with Crippen LogP contribution in [0, 0.1) is 18.8 Å². The molecule has 3 rings (SSSR count). The van der Waals surface area contributed by atoms with Crippen molar-refractivity contribution < 1.29 is 4.79 Å². The van der Waals surface area contributed by atoms with Gasteiger partial charge in [0, 0.05) is 23.1 Å². The number of rotatable bonds is 5. The van der Waals surface area contributed by atoms with Crippen LogP contribution in [0.2, 0.25) is 0 Å². The van der Waals surface area contributed by atoms with E-state index in [4.69, 9.17) is 0 Å². The van der Waals surface area contributed by atoms with E-state index in [1.54, 1.807) is 0 Å². The molecule has 0 aliphatic heterocycles. The first kappa shape index (κ1) is 13.2. The lowest BCUT2D eigenvalue weighted by molar-refractivity contribution is 0.0739. The third-order valence-electron chi connectivity index (χ3n) is 3.93. The molecule has 1 aromatic carbocycles. The monoisotopic (exact) mass is 321 g/mol. The minimum Gasteiger partial charge on any atom is -0.338 e. The summed E-state index contributed by atoms with van der Waals surface area (Å²) in [5, 5.41) is 0. The minimum atomic E-state index is 0.211. The molecule has 0 bridgehead atoms. The maximum absolute atomic E-state index is 12.7. The van der Waals surface area contributed by atoms with Crippen LogP contribution < -0.4 is 0 Å². The first-order valence-electron chi connectivity index (χ1n) is 7.18. The van der Waals surface area contributed by atoms with Crippen molar-refractivity contribution in [2.24, 2.45) is 11.8 Å². The van der Waals surface area contributed by atoms with Crippen molar-refractivity contribution in [1.82, 2.24) is 4.90 Å². The summed E-state index contributed by atoms with van der Waals surface area (Å²) in [6, 6.07) is 5.99. The zero-order valence-electron chi connectivity index (χ0n) is 11.4. The second kappa shape index (κ2) is 5.28. The van der Waals surface area contributed by atoms with Gasteiger partial charge in [0.2, 0.25) is 0 Å². The summed E-state index contributed by atoms with van der Waals surface area (Å²) in [5.41, 5.74) is 1.96. The lowest BCUT2D eigenvalue weighted by Crippen LogP contribution is -2.34. The van der Waals surface area contributed by atoms with Crippen molar-refractivity contribution in [1.29, 1.82) is 0 Å². The van der Waals surface area contributed by atoms with E-state index in [1.807, 2.05) is 25.1 Å². The molecule has 0 radical (unpaired) electrons. The van der Waals surface area contributed by atoms with Crippen LogP contribution in [0.15, 0.2) is 22.7 Å². The minimum absolute atomic E-state index is 0.211. The highest BCUT2D eigenvalue weighted by molar-refractivity contribution is 9.10. The molecule has 0 heterocycles. The van der Waals surface area contributed by atoms with Crippen molar-refractivity contribution in [2.45, 2.75) is 32.6 Å². The lowest BCUT2D eigenvalue weighted by Gasteiger charge is -2.23. The molecular weight excluding hydrogens is 302 g/mol. The van der Waals surface area contributed by atoms with Crippen molar-refractivity contribution >= 4 is 21.8 Å². The molecular formula is C16H20BrNO. The maximum Gasteiger partial charge on any atom is 0.253 e. The zero-order valence-corrected chi connectivity index (χ0v) is 12.9. The highest BCUT2D eigenvalue weighted by Crippen LogP contribution is 2.34. The van der Waals surface area contributed by atoms with Crippen LogP contribution in [0.3, 0.4) is 0 Å². The third kappa shape index (κ3) is 3.59. The number of nitrogens with zero attached hydrogens (tertiary/aromatic N) is 1. The fraction of sp³-hybridized carbons (Fsp3) is 0.562. The molecule has 1 amide bonds. The van der Waals surface area contributed by atoms with Gasteiger partial charge in [-0.05, 0) is 68.2 Å². The fourth-order valence-corrected chi connectivity index (χ4v) is 3.11. The summed E-state index contributed by atoms with van der Waals surface area (Å²) in [7, 11) is 0. The quantitative estimate of drug-likeness (QED) is 0.802. The Morgan fingerprint density at radius 2 is 1.74 bits per heavy atom. The molecule has 19 heavy (non-hydrogen) atoms. The van der Waals surface area contributed by atoms with Gasteiger partial charge in [-0.25, -0.2) is 0 Å². The summed E-state index contributed by atoms with van der Waals surface area (Å²) in [5.74, 6) is 1.73. The van der Waals surface area contributed by atoms with E-state index in [2.05, 4.69) is 20.8 Å². The summed E-state index contributed by atoms with van der Waals surface area (Å²) >= 11 is 3.49. The normalized spacial score (nSPS) is 18.4. The van der Waals surface area contributed by atoms with Gasteiger partial charge in [-0.3, -0.25) is 4.79 Å². The van der Waals surface area contributed by atoms with E-state index in [0.717, 1.165) is 40.5 Å². The van der Waals surface area contributed by atoms with Gasteiger partial charge in [0.05, 0.1) is 0 Å². The molecule has 3 heteroatoms. The topological polar surface area (TPSA) is 20.3 Å². The van der Waals surface area contributed by atoms with Gasteiger partial charge >= 0.3 is 0 Å². The smallest absolute Gasteiger partial charge is 0.253 e. The van der Waals surface area contributed by atoms with Gasteiger partial charge in [0.15, 0.2) is 0 Å². The molecule has 2 aliphatic rings. The largest absolute Gasteiger partial charge is 0.338 e. The number of amides is 1. The second-order valence-corrected chi connectivity index (χ2v) is 7.03. The zero-order chi connectivity index (χ0) is 13.4. The van der Waals surface area contributed by atoms with E-state index >= 15 is 0 Å². The maximum atomic E-state index is 12.7. The molecule has 2 saturated carbocycles. The van der Waals surface area contributed by atoms with Crippen molar-refractivity contribution in [2.75, 3.05) is 13.1 Å². The molecule has 102 valence electrons. The number of aryl methyl sites for hydroxylation is 1. The number of halogens is 1. The van der Waals surface area contributed by atoms with E-state index in [1.165, 1.54) is 25.7 Å². The molecule has 0 aromatic heterocycles. The molecule has 2 nitrogen and oxygen atoms in total. The van der Waals surface area contributed by atoms with Crippen LogP contribution in [0.25, 0.3) is 0 Å². The van der Waals surface area contributed by atoms with Crippen LogP contribution in [-0.2, 0) is 0 Å².